The van der Waals surface area contributed by atoms with E-state index in [-0.39, 0.29) is 12.5 Å². The molecule has 1 saturated heterocycles. The number of carboxylic acids is 1. The first-order valence-corrected chi connectivity index (χ1v) is 9.01. The minimum absolute atomic E-state index is 0.101. The maximum absolute atomic E-state index is 11.7. The van der Waals surface area contributed by atoms with E-state index in [0.29, 0.717) is 24.1 Å². The lowest BCUT2D eigenvalue weighted by atomic mass is 9.94. The Bertz CT molecular complexity index is 320. The fourth-order valence-corrected chi connectivity index (χ4v) is 3.83. The molecule has 1 aliphatic heterocycles. The quantitative estimate of drug-likeness (QED) is 0.579. The topological polar surface area (TPSA) is 78.4 Å². The summed E-state index contributed by atoms with van der Waals surface area (Å²) in [4.78, 5) is 22.3. The lowest BCUT2D eigenvalue weighted by Gasteiger charge is -2.16. The summed E-state index contributed by atoms with van der Waals surface area (Å²) >= 11 is 1.93. The number of hydrogen-bond donors (Lipinski definition) is 3. The summed E-state index contributed by atoms with van der Waals surface area (Å²) in [6, 6.07) is -0.101. The molecule has 2 amide bonds. The summed E-state index contributed by atoms with van der Waals surface area (Å²) in [6.07, 6.45) is 6.29. The molecule has 0 radical (unpaired) electrons. The van der Waals surface area contributed by atoms with E-state index in [1.165, 1.54) is 18.6 Å². The van der Waals surface area contributed by atoms with Gasteiger partial charge in [-0.05, 0) is 37.4 Å². The molecule has 1 aliphatic rings. The largest absolute Gasteiger partial charge is 0.481 e. The first kappa shape index (κ1) is 18.1. The van der Waals surface area contributed by atoms with Gasteiger partial charge < -0.3 is 15.7 Å². The van der Waals surface area contributed by atoms with Gasteiger partial charge in [0.1, 0.15) is 0 Å². The molecule has 1 fully saturated rings. The smallest absolute Gasteiger partial charge is 0.314 e. The average Bonchev–Trinajstić information content (AvgIpc) is 2.95. The van der Waals surface area contributed by atoms with Gasteiger partial charge in [-0.1, -0.05) is 19.8 Å². The van der Waals surface area contributed by atoms with E-state index in [1.807, 2.05) is 11.8 Å². The maximum atomic E-state index is 11.7. The fraction of sp³-hybridized carbons (Fsp3) is 0.867. The van der Waals surface area contributed by atoms with Gasteiger partial charge in [-0.15, -0.1) is 0 Å². The molecule has 6 heteroatoms. The van der Waals surface area contributed by atoms with Crippen LogP contribution in [-0.4, -0.2) is 41.2 Å². The molecule has 2 atom stereocenters. The van der Waals surface area contributed by atoms with Crippen LogP contribution in [0.1, 0.15) is 51.9 Å². The number of carbonyl (C=O) groups excluding carboxylic acids is 1. The minimum atomic E-state index is -0.740. The minimum Gasteiger partial charge on any atom is -0.481 e. The van der Waals surface area contributed by atoms with Gasteiger partial charge in [0.2, 0.25) is 0 Å². The van der Waals surface area contributed by atoms with E-state index in [9.17, 15) is 9.59 Å². The lowest BCUT2D eigenvalue weighted by molar-refractivity contribution is -0.137. The number of carbonyl (C=O) groups is 2. The number of aliphatic carboxylic acids is 1. The maximum Gasteiger partial charge on any atom is 0.314 e. The highest BCUT2D eigenvalue weighted by Crippen LogP contribution is 2.25. The van der Waals surface area contributed by atoms with Crippen LogP contribution in [0.15, 0.2) is 0 Å². The van der Waals surface area contributed by atoms with Crippen molar-refractivity contribution in [2.75, 3.05) is 18.8 Å². The molecule has 21 heavy (non-hydrogen) atoms. The second-order valence-corrected chi connectivity index (χ2v) is 7.06. The van der Waals surface area contributed by atoms with Crippen LogP contribution in [0.4, 0.5) is 4.79 Å². The average molecular weight is 316 g/mol. The van der Waals surface area contributed by atoms with Crippen molar-refractivity contribution < 1.29 is 14.7 Å². The van der Waals surface area contributed by atoms with E-state index in [2.05, 4.69) is 17.6 Å². The molecular weight excluding hydrogens is 288 g/mol. The van der Waals surface area contributed by atoms with Crippen LogP contribution in [-0.2, 0) is 4.79 Å². The molecule has 0 aromatic carbocycles. The molecule has 2 unspecified atom stereocenters. The second kappa shape index (κ2) is 10.8. The normalized spacial score (nSPS) is 19.2. The Morgan fingerprint density at radius 2 is 2.10 bits per heavy atom. The predicted octanol–water partition coefficient (Wildman–Crippen LogP) is 2.85. The van der Waals surface area contributed by atoms with E-state index in [1.54, 1.807) is 0 Å². The van der Waals surface area contributed by atoms with Gasteiger partial charge in [-0.2, -0.15) is 11.8 Å². The van der Waals surface area contributed by atoms with Crippen LogP contribution in [0.3, 0.4) is 0 Å². The van der Waals surface area contributed by atoms with Crippen LogP contribution in [0.5, 0.6) is 0 Å². The van der Waals surface area contributed by atoms with Crippen molar-refractivity contribution in [3.8, 4) is 0 Å². The van der Waals surface area contributed by atoms with E-state index >= 15 is 0 Å². The molecule has 3 N–H and O–H groups in total. The molecule has 0 bridgehead atoms. The molecule has 1 rings (SSSR count). The number of carboxylic acid groups (broad SMARTS) is 1. The van der Waals surface area contributed by atoms with Gasteiger partial charge >= 0.3 is 12.0 Å². The Balaban J connectivity index is 2.10. The van der Waals surface area contributed by atoms with Crippen LogP contribution < -0.4 is 10.6 Å². The first-order chi connectivity index (χ1) is 10.1. The standard InChI is InChI=1S/C15H28N2O3S/c1-2-4-12(6-7-14(18)19)8-9-16-15(20)17-11-13-5-3-10-21-13/h12-13H,2-11H2,1H3,(H,18,19)(H2,16,17,20). The molecule has 5 nitrogen and oxygen atoms in total. The number of thioether (sulfide) groups is 1. The number of nitrogens with one attached hydrogen (secondary N) is 2. The fourth-order valence-electron chi connectivity index (χ4n) is 2.63. The monoisotopic (exact) mass is 316 g/mol. The zero-order chi connectivity index (χ0) is 15.5. The summed E-state index contributed by atoms with van der Waals surface area (Å²) in [6.45, 7) is 3.47. The zero-order valence-corrected chi connectivity index (χ0v) is 13.7. The van der Waals surface area contributed by atoms with Gasteiger partial charge in [0.25, 0.3) is 0 Å². The van der Waals surface area contributed by atoms with Crippen molar-refractivity contribution in [3.05, 3.63) is 0 Å². The highest BCUT2D eigenvalue weighted by molar-refractivity contribution is 8.00. The zero-order valence-electron chi connectivity index (χ0n) is 12.9. The lowest BCUT2D eigenvalue weighted by Crippen LogP contribution is -2.39. The number of amides is 2. The summed E-state index contributed by atoms with van der Waals surface area (Å²) in [5.74, 6) is 0.851. The van der Waals surface area contributed by atoms with Crippen molar-refractivity contribution in [3.63, 3.8) is 0 Å². The summed E-state index contributed by atoms with van der Waals surface area (Å²) in [5.41, 5.74) is 0. The van der Waals surface area contributed by atoms with Crippen LogP contribution in [0.2, 0.25) is 0 Å². The third-order valence-corrected chi connectivity index (χ3v) is 5.21. The highest BCUT2D eigenvalue weighted by Gasteiger charge is 2.16. The van der Waals surface area contributed by atoms with Crippen molar-refractivity contribution in [1.29, 1.82) is 0 Å². The van der Waals surface area contributed by atoms with Gasteiger partial charge in [-0.3, -0.25) is 4.79 Å². The molecule has 1 heterocycles. The third kappa shape index (κ3) is 8.86. The molecular formula is C15H28N2O3S. The van der Waals surface area contributed by atoms with Crippen molar-refractivity contribution in [2.24, 2.45) is 5.92 Å². The van der Waals surface area contributed by atoms with Gasteiger partial charge in [-0.25, -0.2) is 4.79 Å². The molecule has 0 aromatic heterocycles. The summed E-state index contributed by atoms with van der Waals surface area (Å²) in [7, 11) is 0. The highest BCUT2D eigenvalue weighted by atomic mass is 32.2. The SMILES string of the molecule is CCCC(CCNC(=O)NCC1CCCS1)CCC(=O)O. The predicted molar refractivity (Wildman–Crippen MR) is 86.8 cm³/mol. The van der Waals surface area contributed by atoms with Crippen LogP contribution >= 0.6 is 11.8 Å². The molecule has 0 spiro atoms. The Morgan fingerprint density at radius 1 is 1.29 bits per heavy atom. The molecule has 0 aromatic rings. The van der Waals surface area contributed by atoms with E-state index in [4.69, 9.17) is 5.11 Å². The van der Waals surface area contributed by atoms with Crippen LogP contribution in [0.25, 0.3) is 0 Å². The number of urea groups is 1. The van der Waals surface area contributed by atoms with E-state index < -0.39 is 5.97 Å². The van der Waals surface area contributed by atoms with Gasteiger partial charge in [0, 0.05) is 24.8 Å². The molecule has 0 aliphatic carbocycles. The molecule has 0 saturated carbocycles. The van der Waals surface area contributed by atoms with Gasteiger partial charge in [0.05, 0.1) is 0 Å². The first-order valence-electron chi connectivity index (χ1n) is 7.97. The number of hydrogen-bond acceptors (Lipinski definition) is 3. The van der Waals surface area contributed by atoms with Crippen molar-refractivity contribution in [2.45, 2.75) is 57.1 Å². The van der Waals surface area contributed by atoms with Crippen LogP contribution in [0, 0.1) is 5.92 Å². The van der Waals surface area contributed by atoms with E-state index in [0.717, 1.165) is 25.8 Å². The Labute approximate surface area is 131 Å². The third-order valence-electron chi connectivity index (χ3n) is 3.82. The molecule has 122 valence electrons. The van der Waals surface area contributed by atoms with Crippen molar-refractivity contribution in [1.82, 2.24) is 10.6 Å². The summed E-state index contributed by atoms with van der Waals surface area (Å²) in [5, 5.41) is 15.1. The number of rotatable bonds is 10. The van der Waals surface area contributed by atoms with Crippen molar-refractivity contribution >= 4 is 23.8 Å². The second-order valence-electron chi connectivity index (χ2n) is 5.65. The Hall–Kier alpha value is -0.910. The Kier molecular flexibility index (Phi) is 9.30. The Morgan fingerprint density at radius 3 is 2.71 bits per heavy atom. The summed E-state index contributed by atoms with van der Waals surface area (Å²) < 4.78 is 0. The van der Waals surface area contributed by atoms with Gasteiger partial charge in [0.15, 0.2) is 0 Å².